The summed E-state index contributed by atoms with van der Waals surface area (Å²) in [6.45, 7) is 6.42. The van der Waals surface area contributed by atoms with Crippen molar-refractivity contribution in [1.29, 1.82) is 0 Å². The molecule has 1 rings (SSSR count). The van der Waals surface area contributed by atoms with Crippen LogP contribution < -0.4 is 0 Å². The van der Waals surface area contributed by atoms with Gasteiger partial charge in [0.15, 0.2) is 0 Å². The van der Waals surface area contributed by atoms with Gasteiger partial charge in [-0.25, -0.2) is 9.24 Å². The molecule has 0 aliphatic rings. The highest BCUT2D eigenvalue weighted by molar-refractivity contribution is 5.53. The van der Waals surface area contributed by atoms with Crippen molar-refractivity contribution in [2.75, 3.05) is 0 Å². The average Bonchev–Trinajstić information content (AvgIpc) is 2.01. The molecule has 0 aliphatic heterocycles. The first-order valence-corrected chi connectivity index (χ1v) is 3.19. The van der Waals surface area contributed by atoms with Crippen LogP contribution in [0.15, 0.2) is 18.2 Å². The number of hydrogen-bond donors (Lipinski definition) is 0. The predicted octanol–water partition coefficient (Wildman–Crippen LogP) is 3.40. The van der Waals surface area contributed by atoms with Crippen LogP contribution in [0.2, 0.25) is 0 Å². The molecule has 1 aromatic rings. The first-order chi connectivity index (χ1) is 5.95. The van der Waals surface area contributed by atoms with Crippen molar-refractivity contribution in [3.8, 4) is 0 Å². The minimum Gasteiger partial charge on any atom is -0.237 e. The molecule has 0 saturated heterocycles. The molecule has 0 N–H and O–H groups in total. The minimum absolute atomic E-state index is 0.558. The van der Waals surface area contributed by atoms with Gasteiger partial charge in [-0.3, -0.25) is 0 Å². The van der Waals surface area contributed by atoms with E-state index in [9.17, 15) is 17.6 Å². The smallest absolute Gasteiger partial charge is 0.237 e. The summed E-state index contributed by atoms with van der Waals surface area (Å²) >= 11 is 0. The van der Waals surface area contributed by atoms with E-state index in [1.165, 1.54) is 0 Å². The van der Waals surface area contributed by atoms with E-state index < -0.39 is 23.2 Å². The lowest BCUT2D eigenvalue weighted by Gasteiger charge is -2.07. The third-order valence-electron chi connectivity index (χ3n) is 1.39. The Hall–Kier alpha value is -1.57. The molecule has 68 valence electrons. The molecule has 0 atom stereocenters. The van der Waals surface area contributed by atoms with Gasteiger partial charge in [-0.05, 0) is 12.1 Å². The van der Waals surface area contributed by atoms with Crippen molar-refractivity contribution in [2.24, 2.45) is 0 Å². The van der Waals surface area contributed by atoms with Crippen LogP contribution in [0, 0.1) is 12.4 Å². The molecular weight excluding hydrogens is 186 g/mol. The number of benzene rings is 1. The Morgan fingerprint density at radius 2 is 1.85 bits per heavy atom. The SMILES string of the molecule is [C-]#[N+]c1cc(F)ccc1C(F)(F)F. The molecule has 0 aliphatic carbocycles. The predicted molar refractivity (Wildman–Crippen MR) is 37.7 cm³/mol. The molecule has 1 nitrogen and oxygen atoms in total. The zero-order valence-electron chi connectivity index (χ0n) is 6.19. The van der Waals surface area contributed by atoms with Crippen LogP contribution in [0.1, 0.15) is 5.56 Å². The summed E-state index contributed by atoms with van der Waals surface area (Å²) in [6, 6.07) is 1.80. The van der Waals surface area contributed by atoms with E-state index in [0.717, 1.165) is 0 Å². The summed E-state index contributed by atoms with van der Waals surface area (Å²) in [7, 11) is 0. The quantitative estimate of drug-likeness (QED) is 0.435. The van der Waals surface area contributed by atoms with Crippen molar-refractivity contribution in [2.45, 2.75) is 6.18 Å². The molecule has 0 spiro atoms. The Balaban J connectivity index is 3.32. The van der Waals surface area contributed by atoms with Crippen LogP contribution >= 0.6 is 0 Å². The van der Waals surface area contributed by atoms with E-state index in [0.29, 0.717) is 18.2 Å². The molecule has 0 radical (unpaired) electrons. The van der Waals surface area contributed by atoms with Crippen LogP contribution in [0.3, 0.4) is 0 Å². The number of hydrogen-bond acceptors (Lipinski definition) is 0. The fourth-order valence-electron chi connectivity index (χ4n) is 0.837. The van der Waals surface area contributed by atoms with E-state index in [-0.39, 0.29) is 0 Å². The first-order valence-electron chi connectivity index (χ1n) is 3.19. The number of alkyl halides is 3. The highest BCUT2D eigenvalue weighted by Gasteiger charge is 2.33. The molecule has 0 saturated carbocycles. The Bertz CT molecular complexity index is 361. The van der Waals surface area contributed by atoms with Crippen molar-refractivity contribution in [3.05, 3.63) is 41.0 Å². The molecule has 5 heteroatoms. The van der Waals surface area contributed by atoms with Crippen molar-refractivity contribution in [1.82, 2.24) is 0 Å². The van der Waals surface area contributed by atoms with E-state index in [4.69, 9.17) is 6.57 Å². The number of halogens is 4. The van der Waals surface area contributed by atoms with Crippen LogP contribution in [-0.2, 0) is 6.18 Å². The van der Waals surface area contributed by atoms with Crippen LogP contribution in [0.5, 0.6) is 0 Å². The summed E-state index contributed by atoms with van der Waals surface area (Å²) in [6.07, 6.45) is -4.60. The lowest BCUT2D eigenvalue weighted by molar-refractivity contribution is -0.136. The Kier molecular flexibility index (Phi) is 2.24. The molecule has 0 heterocycles. The fraction of sp³-hybridized carbons (Fsp3) is 0.125. The molecule has 0 unspecified atom stereocenters. The van der Waals surface area contributed by atoms with E-state index >= 15 is 0 Å². The van der Waals surface area contributed by atoms with Gasteiger partial charge in [-0.15, -0.1) is 0 Å². The maximum Gasteiger partial charge on any atom is 0.407 e. The molecular formula is C8H3F4N. The molecule has 0 bridgehead atoms. The van der Waals surface area contributed by atoms with Gasteiger partial charge in [0, 0.05) is 0 Å². The molecule has 0 aromatic heterocycles. The van der Waals surface area contributed by atoms with Gasteiger partial charge in [0.05, 0.1) is 12.1 Å². The first kappa shape index (κ1) is 9.52. The molecule has 0 fully saturated rings. The van der Waals surface area contributed by atoms with Crippen LogP contribution in [0.4, 0.5) is 23.2 Å². The molecule has 1 aromatic carbocycles. The van der Waals surface area contributed by atoms with Crippen LogP contribution in [-0.4, -0.2) is 0 Å². The number of nitrogens with zero attached hydrogens (tertiary/aromatic N) is 1. The van der Waals surface area contributed by atoms with Crippen LogP contribution in [0.25, 0.3) is 4.85 Å². The second kappa shape index (κ2) is 3.05. The highest BCUT2D eigenvalue weighted by atomic mass is 19.4. The lowest BCUT2D eigenvalue weighted by Crippen LogP contribution is -2.04. The summed E-state index contributed by atoms with van der Waals surface area (Å²) in [5.41, 5.74) is -1.82. The Morgan fingerprint density at radius 1 is 1.23 bits per heavy atom. The lowest BCUT2D eigenvalue weighted by atomic mass is 10.2. The topological polar surface area (TPSA) is 4.36 Å². The van der Waals surface area contributed by atoms with Gasteiger partial charge in [-0.1, -0.05) is 6.07 Å². The van der Waals surface area contributed by atoms with E-state index in [1.807, 2.05) is 0 Å². The fourth-order valence-corrected chi connectivity index (χ4v) is 0.837. The zero-order valence-corrected chi connectivity index (χ0v) is 6.19. The van der Waals surface area contributed by atoms with E-state index in [1.54, 1.807) is 0 Å². The summed E-state index contributed by atoms with van der Waals surface area (Å²) in [4.78, 5) is 2.59. The Labute approximate surface area is 71.4 Å². The zero-order chi connectivity index (χ0) is 10.1. The van der Waals surface area contributed by atoms with Gasteiger partial charge < -0.3 is 0 Å². The molecule has 13 heavy (non-hydrogen) atoms. The van der Waals surface area contributed by atoms with E-state index in [2.05, 4.69) is 4.85 Å². The second-order valence-electron chi connectivity index (χ2n) is 2.27. The van der Waals surface area contributed by atoms with Gasteiger partial charge in [0.1, 0.15) is 5.82 Å². The third-order valence-corrected chi connectivity index (χ3v) is 1.39. The second-order valence-corrected chi connectivity index (χ2v) is 2.27. The van der Waals surface area contributed by atoms with Crippen molar-refractivity contribution in [3.63, 3.8) is 0 Å². The normalized spacial score (nSPS) is 11.0. The van der Waals surface area contributed by atoms with Crippen molar-refractivity contribution < 1.29 is 17.6 Å². The van der Waals surface area contributed by atoms with Gasteiger partial charge in [0.2, 0.25) is 5.69 Å². The maximum absolute atomic E-state index is 12.4. The van der Waals surface area contributed by atoms with Gasteiger partial charge in [0.25, 0.3) is 0 Å². The summed E-state index contributed by atoms with van der Waals surface area (Å²) in [5.74, 6) is -0.848. The monoisotopic (exact) mass is 189 g/mol. The summed E-state index contributed by atoms with van der Waals surface area (Å²) < 4.78 is 48.7. The van der Waals surface area contributed by atoms with Gasteiger partial charge in [-0.2, -0.15) is 13.2 Å². The largest absolute Gasteiger partial charge is 0.407 e. The maximum atomic E-state index is 12.4. The Morgan fingerprint density at radius 3 is 2.31 bits per heavy atom. The molecule has 0 amide bonds. The average molecular weight is 189 g/mol. The number of rotatable bonds is 0. The minimum atomic E-state index is -4.60. The van der Waals surface area contributed by atoms with Crippen molar-refractivity contribution >= 4 is 5.69 Å². The third kappa shape index (κ3) is 1.96. The standard InChI is InChI=1S/C8H3F4N/c1-13-7-4-5(9)2-3-6(7)8(10,11)12/h2-4H. The van der Waals surface area contributed by atoms with Gasteiger partial charge >= 0.3 is 6.18 Å². The summed E-state index contributed by atoms with van der Waals surface area (Å²) in [5, 5.41) is 0. The highest BCUT2D eigenvalue weighted by Crippen LogP contribution is 2.36.